The molecule has 1 amide bonds. The van der Waals surface area contributed by atoms with Crippen LogP contribution >= 0.6 is 11.6 Å². The van der Waals surface area contributed by atoms with Gasteiger partial charge in [0.05, 0.1) is 12.0 Å². The second kappa shape index (κ2) is 6.64. The lowest BCUT2D eigenvalue weighted by Crippen LogP contribution is -2.52. The van der Waals surface area contributed by atoms with E-state index in [2.05, 4.69) is 4.98 Å². The summed E-state index contributed by atoms with van der Waals surface area (Å²) in [4.78, 5) is 31.3. The molecule has 0 aliphatic carbocycles. The lowest BCUT2D eigenvalue weighted by atomic mass is 9.81. The molecule has 0 unspecified atom stereocenters. The number of ketones is 1. The minimum absolute atomic E-state index is 0.00624. The van der Waals surface area contributed by atoms with Gasteiger partial charge in [-0.25, -0.2) is 0 Å². The first-order chi connectivity index (χ1) is 12.9. The minimum Gasteiger partial charge on any atom is -0.486 e. The summed E-state index contributed by atoms with van der Waals surface area (Å²) in [6.45, 7) is 4.91. The molecule has 0 saturated carbocycles. The summed E-state index contributed by atoms with van der Waals surface area (Å²) in [6.07, 6.45) is 4.84. The number of pyridine rings is 1. The molecule has 1 aromatic carbocycles. The Labute approximate surface area is 163 Å². The number of rotatable bonds is 1. The standard InChI is InChI=1S/C21H21ClN2O3/c1-13-11-17-18(14(2)19(13)22)16(25)12-21(27-17)5-9-24(10-6-21)20(26)15-3-7-23-8-4-15/h3-4,7-8,11H,5-6,9-10,12H2,1-2H3. The maximum absolute atomic E-state index is 12.9. The van der Waals surface area contributed by atoms with E-state index in [9.17, 15) is 9.59 Å². The van der Waals surface area contributed by atoms with Crippen molar-refractivity contribution >= 4 is 23.3 Å². The van der Waals surface area contributed by atoms with E-state index in [0.717, 1.165) is 11.1 Å². The highest BCUT2D eigenvalue weighted by molar-refractivity contribution is 6.32. The van der Waals surface area contributed by atoms with Gasteiger partial charge in [0, 0.05) is 48.9 Å². The first-order valence-electron chi connectivity index (χ1n) is 9.11. The van der Waals surface area contributed by atoms with Crippen molar-refractivity contribution in [2.45, 2.75) is 38.7 Å². The van der Waals surface area contributed by atoms with Crippen molar-refractivity contribution in [3.63, 3.8) is 0 Å². The number of hydrogen-bond acceptors (Lipinski definition) is 4. The molecule has 2 aromatic rings. The van der Waals surface area contributed by atoms with Gasteiger partial charge in [0.15, 0.2) is 5.78 Å². The van der Waals surface area contributed by atoms with Gasteiger partial charge < -0.3 is 9.64 Å². The largest absolute Gasteiger partial charge is 0.486 e. The number of ether oxygens (including phenoxy) is 1. The van der Waals surface area contributed by atoms with E-state index < -0.39 is 5.60 Å². The number of carbonyl (C=O) groups is 2. The van der Waals surface area contributed by atoms with Crippen LogP contribution in [0.3, 0.4) is 0 Å². The molecule has 6 heteroatoms. The SMILES string of the molecule is Cc1cc2c(c(C)c1Cl)C(=O)CC1(CCN(C(=O)c3ccncc3)CC1)O2. The molecule has 5 nitrogen and oxygen atoms in total. The number of nitrogens with zero attached hydrogens (tertiary/aromatic N) is 2. The Morgan fingerprint density at radius 3 is 2.56 bits per heavy atom. The van der Waals surface area contributed by atoms with Crippen LogP contribution in [0.25, 0.3) is 0 Å². The van der Waals surface area contributed by atoms with Gasteiger partial charge in [-0.15, -0.1) is 0 Å². The first-order valence-corrected chi connectivity index (χ1v) is 9.49. The first kappa shape index (κ1) is 18.0. The van der Waals surface area contributed by atoms with Crippen molar-refractivity contribution < 1.29 is 14.3 Å². The third-order valence-corrected chi connectivity index (χ3v) is 6.20. The summed E-state index contributed by atoms with van der Waals surface area (Å²) >= 11 is 6.31. The predicted molar refractivity (Wildman–Crippen MR) is 103 cm³/mol. The zero-order valence-electron chi connectivity index (χ0n) is 15.4. The molecule has 0 bridgehead atoms. The van der Waals surface area contributed by atoms with Gasteiger partial charge in [-0.05, 0) is 43.2 Å². The van der Waals surface area contributed by atoms with Crippen molar-refractivity contribution in [1.29, 1.82) is 0 Å². The number of amides is 1. The van der Waals surface area contributed by atoms with Gasteiger partial charge in [-0.1, -0.05) is 11.6 Å². The molecule has 4 rings (SSSR count). The van der Waals surface area contributed by atoms with Gasteiger partial charge >= 0.3 is 0 Å². The van der Waals surface area contributed by atoms with E-state index in [1.807, 2.05) is 24.8 Å². The maximum atomic E-state index is 12.9. The van der Waals surface area contributed by atoms with E-state index in [1.54, 1.807) is 24.5 Å². The molecule has 140 valence electrons. The van der Waals surface area contributed by atoms with E-state index in [0.29, 0.717) is 54.3 Å². The van der Waals surface area contributed by atoms with Gasteiger partial charge in [0.25, 0.3) is 5.91 Å². The monoisotopic (exact) mass is 384 g/mol. The molecule has 1 spiro atoms. The molecule has 1 aromatic heterocycles. The molecule has 27 heavy (non-hydrogen) atoms. The number of halogens is 1. The quantitative estimate of drug-likeness (QED) is 0.745. The maximum Gasteiger partial charge on any atom is 0.253 e. The summed E-state index contributed by atoms with van der Waals surface area (Å²) in [5.41, 5.74) is 2.39. The molecular formula is C21H21ClN2O3. The summed E-state index contributed by atoms with van der Waals surface area (Å²) in [5, 5.41) is 0.624. The van der Waals surface area contributed by atoms with Crippen molar-refractivity contribution in [3.8, 4) is 5.75 Å². The van der Waals surface area contributed by atoms with Gasteiger partial charge in [0.1, 0.15) is 11.4 Å². The molecule has 3 heterocycles. The van der Waals surface area contributed by atoms with Crippen LogP contribution < -0.4 is 4.74 Å². The highest BCUT2D eigenvalue weighted by Crippen LogP contribution is 2.43. The Kier molecular flexibility index (Phi) is 4.42. The second-order valence-electron chi connectivity index (χ2n) is 7.42. The lowest BCUT2D eigenvalue weighted by molar-refractivity contribution is -0.00581. The smallest absolute Gasteiger partial charge is 0.253 e. The van der Waals surface area contributed by atoms with Crippen molar-refractivity contribution in [2.24, 2.45) is 0 Å². The number of aromatic nitrogens is 1. The molecule has 2 aliphatic rings. The number of hydrogen-bond donors (Lipinski definition) is 0. The third kappa shape index (κ3) is 3.10. The van der Waals surface area contributed by atoms with Crippen molar-refractivity contribution in [2.75, 3.05) is 13.1 Å². The Morgan fingerprint density at radius 1 is 1.22 bits per heavy atom. The fraction of sp³-hybridized carbons (Fsp3) is 0.381. The van der Waals surface area contributed by atoms with Crippen molar-refractivity contribution in [1.82, 2.24) is 9.88 Å². The van der Waals surface area contributed by atoms with Crippen LogP contribution in [0.4, 0.5) is 0 Å². The number of carbonyl (C=O) groups excluding carboxylic acids is 2. The summed E-state index contributed by atoms with van der Waals surface area (Å²) in [6, 6.07) is 5.30. The number of fused-ring (bicyclic) bond motifs is 1. The van der Waals surface area contributed by atoms with Crippen molar-refractivity contribution in [3.05, 3.63) is 57.9 Å². The molecule has 0 N–H and O–H groups in total. The number of aryl methyl sites for hydroxylation is 1. The molecule has 1 fully saturated rings. The lowest BCUT2D eigenvalue weighted by Gasteiger charge is -2.44. The number of Topliss-reactive ketones (excluding diaryl/α,β-unsaturated/α-hetero) is 1. The van der Waals surface area contributed by atoms with Crippen LogP contribution in [0.15, 0.2) is 30.6 Å². The number of likely N-dealkylation sites (tertiary alicyclic amines) is 1. The summed E-state index contributed by atoms with van der Waals surface area (Å²) in [5.74, 6) is 0.692. The van der Waals surface area contributed by atoms with Gasteiger partial charge in [-0.3, -0.25) is 14.6 Å². The van der Waals surface area contributed by atoms with Crippen LogP contribution in [0.5, 0.6) is 5.75 Å². The Bertz CT molecular complexity index is 919. The normalized spacial score (nSPS) is 18.2. The molecule has 0 radical (unpaired) electrons. The van der Waals surface area contributed by atoms with Crippen LogP contribution in [0.1, 0.15) is 51.1 Å². The Morgan fingerprint density at radius 2 is 1.89 bits per heavy atom. The predicted octanol–water partition coefficient (Wildman–Crippen LogP) is 3.99. The molecule has 2 aliphatic heterocycles. The van der Waals surface area contributed by atoms with Crippen LogP contribution in [-0.4, -0.2) is 40.3 Å². The van der Waals surface area contributed by atoms with Crippen LogP contribution in [-0.2, 0) is 0 Å². The number of benzene rings is 1. The molecule has 0 atom stereocenters. The average molecular weight is 385 g/mol. The number of piperidine rings is 1. The van der Waals surface area contributed by atoms with E-state index >= 15 is 0 Å². The molecule has 1 saturated heterocycles. The third-order valence-electron chi connectivity index (χ3n) is 5.62. The fourth-order valence-electron chi connectivity index (χ4n) is 4.07. The van der Waals surface area contributed by atoms with Crippen LogP contribution in [0, 0.1) is 13.8 Å². The minimum atomic E-state index is -0.536. The van der Waals surface area contributed by atoms with Crippen LogP contribution in [0.2, 0.25) is 5.02 Å². The van der Waals surface area contributed by atoms with Gasteiger partial charge in [0.2, 0.25) is 0 Å². The zero-order valence-corrected chi connectivity index (χ0v) is 16.2. The summed E-state index contributed by atoms with van der Waals surface area (Å²) < 4.78 is 6.35. The highest BCUT2D eigenvalue weighted by atomic mass is 35.5. The second-order valence-corrected chi connectivity index (χ2v) is 7.80. The van der Waals surface area contributed by atoms with E-state index in [-0.39, 0.29) is 11.7 Å². The topological polar surface area (TPSA) is 59.5 Å². The highest BCUT2D eigenvalue weighted by Gasteiger charge is 2.44. The Balaban J connectivity index is 1.54. The van der Waals surface area contributed by atoms with E-state index in [1.165, 1.54) is 0 Å². The zero-order chi connectivity index (χ0) is 19.2. The molecular weight excluding hydrogens is 364 g/mol. The van der Waals surface area contributed by atoms with E-state index in [4.69, 9.17) is 16.3 Å². The Hall–Kier alpha value is -2.40. The fourth-order valence-corrected chi connectivity index (χ4v) is 4.22. The van der Waals surface area contributed by atoms with Gasteiger partial charge in [-0.2, -0.15) is 0 Å². The summed E-state index contributed by atoms with van der Waals surface area (Å²) in [7, 11) is 0. The average Bonchev–Trinajstić information content (AvgIpc) is 2.66.